The number of hydrogen-bond acceptors (Lipinski definition) is 5. The van der Waals surface area contributed by atoms with E-state index in [0.29, 0.717) is 24.3 Å². The number of carbonyl (C=O) groups excluding carboxylic acids is 1. The number of anilines is 1. The number of β-amino-alcohol motifs (C(OH)–C–C–N with tert-alkyl or cyclic N) is 1. The molecule has 0 aliphatic carbocycles. The summed E-state index contributed by atoms with van der Waals surface area (Å²) in [4.78, 5) is 25.9. The predicted molar refractivity (Wildman–Crippen MR) is 87.5 cm³/mol. The number of fused-ring (bicyclic) bond motifs is 1. The summed E-state index contributed by atoms with van der Waals surface area (Å²) in [6, 6.07) is 9.67. The number of ether oxygens (including phenoxy) is 1. The van der Waals surface area contributed by atoms with E-state index in [-0.39, 0.29) is 37.8 Å². The second-order valence-electron chi connectivity index (χ2n) is 5.55. The van der Waals surface area contributed by atoms with E-state index in [9.17, 15) is 9.59 Å². The van der Waals surface area contributed by atoms with Crippen LogP contribution in [-0.2, 0) is 29.3 Å². The molecule has 24 heavy (non-hydrogen) atoms. The standard InChI is InChI=1S/C17H19N3O4/c21-9-8-19-15-10-18-20(17(23)14(15)6-7-16(19)22)12-24-11-13-4-2-1-3-5-13/h1-5,10,21H,6-9,11-12H2. The largest absolute Gasteiger partial charge is 0.395 e. The zero-order valence-electron chi connectivity index (χ0n) is 13.2. The van der Waals surface area contributed by atoms with Crippen LogP contribution in [0.1, 0.15) is 17.5 Å². The molecule has 0 saturated heterocycles. The van der Waals surface area contributed by atoms with Gasteiger partial charge in [-0.25, -0.2) is 4.68 Å². The fourth-order valence-corrected chi connectivity index (χ4v) is 2.75. The normalized spacial score (nSPS) is 13.9. The lowest BCUT2D eigenvalue weighted by Crippen LogP contribution is -2.41. The van der Waals surface area contributed by atoms with Crippen LogP contribution in [0.25, 0.3) is 0 Å². The van der Waals surface area contributed by atoms with Gasteiger partial charge in [-0.1, -0.05) is 30.3 Å². The highest BCUT2D eigenvalue weighted by atomic mass is 16.5. The number of aromatic nitrogens is 2. The van der Waals surface area contributed by atoms with E-state index in [1.165, 1.54) is 15.8 Å². The van der Waals surface area contributed by atoms with Crippen LogP contribution in [0, 0.1) is 0 Å². The minimum atomic E-state index is -0.254. The lowest BCUT2D eigenvalue weighted by Gasteiger charge is -2.28. The first kappa shape index (κ1) is 16.4. The van der Waals surface area contributed by atoms with Gasteiger partial charge >= 0.3 is 0 Å². The number of nitrogens with zero attached hydrogens (tertiary/aromatic N) is 3. The van der Waals surface area contributed by atoms with Crippen LogP contribution >= 0.6 is 0 Å². The fourth-order valence-electron chi connectivity index (χ4n) is 2.75. The highest BCUT2D eigenvalue weighted by Crippen LogP contribution is 2.23. The predicted octanol–water partition coefficient (Wildman–Crippen LogP) is 0.689. The Kier molecular flexibility index (Phi) is 5.02. The van der Waals surface area contributed by atoms with Crippen molar-refractivity contribution >= 4 is 11.6 Å². The molecule has 2 aromatic rings. The third-order valence-corrected chi connectivity index (χ3v) is 3.95. The molecule has 1 aromatic heterocycles. The molecule has 7 heteroatoms. The van der Waals surface area contributed by atoms with Crippen LogP contribution in [0.4, 0.5) is 5.69 Å². The molecule has 0 spiro atoms. The lowest BCUT2D eigenvalue weighted by atomic mass is 10.0. The van der Waals surface area contributed by atoms with Gasteiger partial charge in [0.15, 0.2) is 0 Å². The molecule has 3 rings (SSSR count). The summed E-state index contributed by atoms with van der Waals surface area (Å²) < 4.78 is 6.81. The third-order valence-electron chi connectivity index (χ3n) is 3.95. The average molecular weight is 329 g/mol. The Balaban J connectivity index is 1.74. The molecule has 0 atom stereocenters. The van der Waals surface area contributed by atoms with Crippen LogP contribution in [0.15, 0.2) is 41.3 Å². The van der Waals surface area contributed by atoms with Crippen LogP contribution in [0.2, 0.25) is 0 Å². The summed E-state index contributed by atoms with van der Waals surface area (Å²) in [5.74, 6) is -0.101. The minimum absolute atomic E-state index is 0.0505. The maximum Gasteiger partial charge on any atom is 0.274 e. The van der Waals surface area contributed by atoms with Gasteiger partial charge in [-0.2, -0.15) is 5.10 Å². The third kappa shape index (κ3) is 3.37. The van der Waals surface area contributed by atoms with Gasteiger partial charge in [0.1, 0.15) is 6.73 Å². The van der Waals surface area contributed by atoms with E-state index in [1.54, 1.807) is 0 Å². The molecular formula is C17H19N3O4. The van der Waals surface area contributed by atoms with Crippen molar-refractivity contribution in [3.63, 3.8) is 0 Å². The number of aliphatic hydroxyl groups is 1. The molecule has 1 aromatic carbocycles. The molecule has 0 bridgehead atoms. The van der Waals surface area contributed by atoms with E-state index in [1.807, 2.05) is 30.3 Å². The Morgan fingerprint density at radius 2 is 1.96 bits per heavy atom. The maximum atomic E-state index is 12.5. The molecule has 126 valence electrons. The summed E-state index contributed by atoms with van der Waals surface area (Å²) in [5, 5.41) is 13.2. The molecule has 1 aliphatic heterocycles. The molecule has 2 heterocycles. The van der Waals surface area contributed by atoms with Crippen molar-refractivity contribution in [2.75, 3.05) is 18.1 Å². The fraction of sp³-hybridized carbons (Fsp3) is 0.353. The Morgan fingerprint density at radius 3 is 2.71 bits per heavy atom. The van der Waals surface area contributed by atoms with Gasteiger partial charge in [0, 0.05) is 18.5 Å². The summed E-state index contributed by atoms with van der Waals surface area (Å²) in [6.07, 6.45) is 2.14. The van der Waals surface area contributed by atoms with Crippen molar-refractivity contribution in [1.29, 1.82) is 0 Å². The molecular weight excluding hydrogens is 310 g/mol. The number of benzene rings is 1. The molecule has 1 aliphatic rings. The Bertz CT molecular complexity index is 773. The van der Waals surface area contributed by atoms with Gasteiger partial charge < -0.3 is 14.7 Å². The zero-order valence-corrected chi connectivity index (χ0v) is 13.2. The van der Waals surface area contributed by atoms with Crippen molar-refractivity contribution in [3.05, 3.63) is 58.0 Å². The number of rotatable bonds is 6. The quantitative estimate of drug-likeness (QED) is 0.843. The van der Waals surface area contributed by atoms with Gasteiger partial charge in [0.25, 0.3) is 5.56 Å². The highest BCUT2D eigenvalue weighted by molar-refractivity contribution is 5.96. The molecule has 1 amide bonds. The van der Waals surface area contributed by atoms with Crippen LogP contribution in [-0.4, -0.2) is 33.9 Å². The van der Waals surface area contributed by atoms with Crippen LogP contribution in [0.5, 0.6) is 0 Å². The van der Waals surface area contributed by atoms with E-state index in [2.05, 4.69) is 5.10 Å². The number of aliphatic hydroxyl groups excluding tert-OH is 1. The summed E-state index contributed by atoms with van der Waals surface area (Å²) in [6.45, 7) is 0.450. The Hall–Kier alpha value is -2.51. The number of hydrogen-bond donors (Lipinski definition) is 1. The molecule has 0 saturated carbocycles. The van der Waals surface area contributed by atoms with Crippen LogP contribution < -0.4 is 10.5 Å². The first-order chi connectivity index (χ1) is 11.7. The van der Waals surface area contributed by atoms with Crippen molar-refractivity contribution in [2.45, 2.75) is 26.2 Å². The molecule has 1 N–H and O–H groups in total. The SMILES string of the molecule is O=C1CCc2c(cnn(COCc3ccccc3)c2=O)N1CCO. The smallest absolute Gasteiger partial charge is 0.274 e. The summed E-state index contributed by atoms with van der Waals surface area (Å²) >= 11 is 0. The van der Waals surface area contributed by atoms with Gasteiger partial charge in [0.2, 0.25) is 5.91 Å². The van der Waals surface area contributed by atoms with Crippen molar-refractivity contribution in [2.24, 2.45) is 0 Å². The summed E-state index contributed by atoms with van der Waals surface area (Å²) in [5.41, 5.74) is 1.80. The monoisotopic (exact) mass is 329 g/mol. The van der Waals surface area contributed by atoms with Gasteiger partial charge in [-0.3, -0.25) is 9.59 Å². The van der Waals surface area contributed by atoms with Crippen molar-refractivity contribution in [3.8, 4) is 0 Å². The van der Waals surface area contributed by atoms with Crippen molar-refractivity contribution in [1.82, 2.24) is 9.78 Å². The second-order valence-corrected chi connectivity index (χ2v) is 5.55. The molecule has 0 radical (unpaired) electrons. The van der Waals surface area contributed by atoms with Gasteiger partial charge in [0.05, 0.1) is 25.1 Å². The van der Waals surface area contributed by atoms with Crippen LogP contribution in [0.3, 0.4) is 0 Å². The Morgan fingerprint density at radius 1 is 1.17 bits per heavy atom. The number of amides is 1. The zero-order chi connectivity index (χ0) is 16.9. The maximum absolute atomic E-state index is 12.5. The average Bonchev–Trinajstić information content (AvgIpc) is 2.60. The van der Waals surface area contributed by atoms with E-state index in [4.69, 9.17) is 9.84 Å². The molecule has 0 unspecified atom stereocenters. The minimum Gasteiger partial charge on any atom is -0.395 e. The topological polar surface area (TPSA) is 84.7 Å². The molecule has 0 fully saturated rings. The number of carbonyl (C=O) groups is 1. The second kappa shape index (κ2) is 7.37. The first-order valence-electron chi connectivity index (χ1n) is 7.82. The highest BCUT2D eigenvalue weighted by Gasteiger charge is 2.26. The summed E-state index contributed by atoms with van der Waals surface area (Å²) in [7, 11) is 0. The van der Waals surface area contributed by atoms with Gasteiger partial charge in [-0.05, 0) is 12.0 Å². The van der Waals surface area contributed by atoms with E-state index >= 15 is 0 Å². The first-order valence-corrected chi connectivity index (χ1v) is 7.82. The van der Waals surface area contributed by atoms with E-state index in [0.717, 1.165) is 5.56 Å². The van der Waals surface area contributed by atoms with Crippen molar-refractivity contribution < 1.29 is 14.6 Å². The van der Waals surface area contributed by atoms with Gasteiger partial charge in [-0.15, -0.1) is 0 Å². The Labute approximate surface area is 139 Å². The lowest BCUT2D eigenvalue weighted by molar-refractivity contribution is -0.119. The van der Waals surface area contributed by atoms with E-state index < -0.39 is 0 Å². The molecule has 7 nitrogen and oxygen atoms in total.